The number of nitrogens with zero attached hydrogens (tertiary/aromatic N) is 2. The van der Waals surface area contributed by atoms with E-state index in [-0.39, 0.29) is 0 Å². The molecule has 1 N–H and O–H groups in total. The van der Waals surface area contributed by atoms with Crippen molar-refractivity contribution in [1.82, 2.24) is 15.1 Å². The molecule has 0 fully saturated rings. The van der Waals surface area contributed by atoms with Crippen LogP contribution in [0.25, 0.3) is 0 Å². The van der Waals surface area contributed by atoms with Gasteiger partial charge in [-0.1, -0.05) is 6.92 Å². The van der Waals surface area contributed by atoms with Gasteiger partial charge in [0.05, 0.1) is 12.7 Å². The first kappa shape index (κ1) is 10.4. The lowest BCUT2D eigenvalue weighted by molar-refractivity contribution is 0.684. The predicted molar refractivity (Wildman–Crippen MR) is 63.0 cm³/mol. The fourth-order valence-corrected chi connectivity index (χ4v) is 2.08. The number of aromatic nitrogens is 2. The van der Waals surface area contributed by atoms with Gasteiger partial charge in [0.25, 0.3) is 0 Å². The summed E-state index contributed by atoms with van der Waals surface area (Å²) in [6, 6.07) is 2.14. The van der Waals surface area contributed by atoms with Crippen LogP contribution in [0, 0.1) is 0 Å². The Kier molecular flexibility index (Phi) is 3.53. The molecule has 0 bridgehead atoms. The second kappa shape index (κ2) is 5.09. The van der Waals surface area contributed by atoms with Crippen molar-refractivity contribution >= 4 is 11.3 Å². The first-order valence-electron chi connectivity index (χ1n) is 5.11. The monoisotopic (exact) mass is 221 g/mol. The summed E-state index contributed by atoms with van der Waals surface area (Å²) < 4.78 is 1.98. The van der Waals surface area contributed by atoms with E-state index in [0.717, 1.165) is 19.6 Å². The number of thiophene rings is 1. The molecule has 0 radical (unpaired) electrons. The zero-order valence-corrected chi connectivity index (χ0v) is 9.63. The molecule has 0 spiro atoms. The molecule has 0 aliphatic heterocycles. The van der Waals surface area contributed by atoms with Crippen LogP contribution in [0.1, 0.15) is 18.1 Å². The molecule has 2 aromatic heterocycles. The lowest BCUT2D eigenvalue weighted by Crippen LogP contribution is -2.11. The number of rotatable bonds is 5. The molecule has 0 amide bonds. The molecular formula is C11H15N3S. The van der Waals surface area contributed by atoms with Crippen molar-refractivity contribution in [2.45, 2.75) is 20.0 Å². The van der Waals surface area contributed by atoms with Crippen molar-refractivity contribution in [2.24, 2.45) is 0 Å². The van der Waals surface area contributed by atoms with Gasteiger partial charge in [0, 0.05) is 18.3 Å². The Morgan fingerprint density at radius 1 is 1.47 bits per heavy atom. The molecule has 0 unspecified atom stereocenters. The minimum Gasteiger partial charge on any atom is -0.313 e. The normalized spacial score (nSPS) is 10.7. The predicted octanol–water partition coefficient (Wildman–Crippen LogP) is 2.10. The van der Waals surface area contributed by atoms with E-state index in [4.69, 9.17) is 0 Å². The average molecular weight is 221 g/mol. The highest BCUT2D eigenvalue weighted by Gasteiger charge is 1.99. The molecule has 0 aliphatic rings. The summed E-state index contributed by atoms with van der Waals surface area (Å²) in [6.45, 7) is 4.88. The summed E-state index contributed by atoms with van der Waals surface area (Å²) in [6.07, 6.45) is 4.02. The van der Waals surface area contributed by atoms with Gasteiger partial charge in [-0.05, 0) is 28.9 Å². The Labute approximate surface area is 93.7 Å². The standard InChI is InChI=1S/C11H15N3S/c1-2-12-5-11-6-13-14(8-11)7-10-3-4-15-9-10/h3-4,6,8-9,12H,2,5,7H2,1H3. The minimum absolute atomic E-state index is 0.871. The van der Waals surface area contributed by atoms with Crippen LogP contribution >= 0.6 is 11.3 Å². The fourth-order valence-electron chi connectivity index (χ4n) is 1.42. The van der Waals surface area contributed by atoms with E-state index in [9.17, 15) is 0 Å². The second-order valence-electron chi connectivity index (χ2n) is 3.46. The Bertz CT molecular complexity index is 392. The molecule has 2 heterocycles. The van der Waals surface area contributed by atoms with Crippen molar-refractivity contribution in [2.75, 3.05) is 6.54 Å². The van der Waals surface area contributed by atoms with Gasteiger partial charge in [0.1, 0.15) is 0 Å². The maximum Gasteiger partial charge on any atom is 0.0667 e. The third-order valence-electron chi connectivity index (χ3n) is 2.19. The smallest absolute Gasteiger partial charge is 0.0667 e. The highest BCUT2D eigenvalue weighted by molar-refractivity contribution is 7.07. The van der Waals surface area contributed by atoms with E-state index < -0.39 is 0 Å². The van der Waals surface area contributed by atoms with Crippen molar-refractivity contribution in [3.8, 4) is 0 Å². The molecule has 0 atom stereocenters. The zero-order valence-electron chi connectivity index (χ0n) is 8.81. The lowest BCUT2D eigenvalue weighted by atomic mass is 10.3. The van der Waals surface area contributed by atoms with E-state index >= 15 is 0 Å². The van der Waals surface area contributed by atoms with Crippen molar-refractivity contribution in [1.29, 1.82) is 0 Å². The number of nitrogens with one attached hydrogen (secondary N) is 1. The van der Waals surface area contributed by atoms with Crippen LogP contribution in [0.5, 0.6) is 0 Å². The Morgan fingerprint density at radius 2 is 2.40 bits per heavy atom. The van der Waals surface area contributed by atoms with E-state index in [1.165, 1.54) is 11.1 Å². The first-order valence-corrected chi connectivity index (χ1v) is 6.06. The molecular weight excluding hydrogens is 206 g/mol. The summed E-state index contributed by atoms with van der Waals surface area (Å²) in [5, 5.41) is 11.9. The third-order valence-corrected chi connectivity index (χ3v) is 2.92. The maximum absolute atomic E-state index is 4.33. The topological polar surface area (TPSA) is 29.9 Å². The van der Waals surface area contributed by atoms with Crippen LogP contribution in [-0.4, -0.2) is 16.3 Å². The van der Waals surface area contributed by atoms with Gasteiger partial charge in [-0.15, -0.1) is 0 Å². The summed E-state index contributed by atoms with van der Waals surface area (Å²) in [5.41, 5.74) is 2.56. The SMILES string of the molecule is CCNCc1cnn(Cc2ccsc2)c1. The van der Waals surface area contributed by atoms with Crippen LogP contribution in [0.2, 0.25) is 0 Å². The van der Waals surface area contributed by atoms with E-state index in [1.807, 2.05) is 10.9 Å². The van der Waals surface area contributed by atoms with Gasteiger partial charge in [0.15, 0.2) is 0 Å². The summed E-state index contributed by atoms with van der Waals surface area (Å²) in [4.78, 5) is 0. The van der Waals surface area contributed by atoms with Crippen LogP contribution in [0.15, 0.2) is 29.2 Å². The maximum atomic E-state index is 4.33. The molecule has 15 heavy (non-hydrogen) atoms. The molecule has 80 valence electrons. The summed E-state index contributed by atoms with van der Waals surface area (Å²) in [7, 11) is 0. The Hall–Kier alpha value is -1.13. The van der Waals surface area contributed by atoms with Gasteiger partial charge in [-0.2, -0.15) is 16.4 Å². The van der Waals surface area contributed by atoms with Crippen molar-refractivity contribution in [3.63, 3.8) is 0 Å². The van der Waals surface area contributed by atoms with Crippen LogP contribution < -0.4 is 5.32 Å². The number of hydrogen-bond donors (Lipinski definition) is 1. The molecule has 0 saturated carbocycles. The van der Waals surface area contributed by atoms with E-state index in [2.05, 4.69) is 40.4 Å². The Morgan fingerprint density at radius 3 is 3.13 bits per heavy atom. The van der Waals surface area contributed by atoms with Gasteiger partial charge in [-0.25, -0.2) is 0 Å². The second-order valence-corrected chi connectivity index (χ2v) is 4.24. The van der Waals surface area contributed by atoms with Gasteiger partial charge in [0.2, 0.25) is 0 Å². The van der Waals surface area contributed by atoms with E-state index in [0.29, 0.717) is 0 Å². The highest BCUT2D eigenvalue weighted by atomic mass is 32.1. The number of hydrogen-bond acceptors (Lipinski definition) is 3. The quantitative estimate of drug-likeness (QED) is 0.838. The largest absolute Gasteiger partial charge is 0.313 e. The third kappa shape index (κ3) is 2.91. The van der Waals surface area contributed by atoms with Crippen LogP contribution in [-0.2, 0) is 13.1 Å². The van der Waals surface area contributed by atoms with Crippen molar-refractivity contribution in [3.05, 3.63) is 40.3 Å². The van der Waals surface area contributed by atoms with Crippen LogP contribution in [0.4, 0.5) is 0 Å². The molecule has 4 heteroatoms. The average Bonchev–Trinajstić information content (AvgIpc) is 2.87. The lowest BCUT2D eigenvalue weighted by Gasteiger charge is -1.98. The molecule has 2 aromatic rings. The molecule has 3 nitrogen and oxygen atoms in total. The van der Waals surface area contributed by atoms with Gasteiger partial charge >= 0.3 is 0 Å². The van der Waals surface area contributed by atoms with Crippen LogP contribution in [0.3, 0.4) is 0 Å². The van der Waals surface area contributed by atoms with Gasteiger partial charge < -0.3 is 5.32 Å². The van der Waals surface area contributed by atoms with E-state index in [1.54, 1.807) is 11.3 Å². The summed E-state index contributed by atoms with van der Waals surface area (Å²) in [5.74, 6) is 0. The molecule has 0 aliphatic carbocycles. The van der Waals surface area contributed by atoms with Crippen molar-refractivity contribution < 1.29 is 0 Å². The molecule has 2 rings (SSSR count). The summed E-state index contributed by atoms with van der Waals surface area (Å²) >= 11 is 1.73. The molecule has 0 saturated heterocycles. The highest BCUT2D eigenvalue weighted by Crippen LogP contribution is 2.08. The minimum atomic E-state index is 0.871. The fraction of sp³-hybridized carbons (Fsp3) is 0.364. The Balaban J connectivity index is 1.95. The van der Waals surface area contributed by atoms with Gasteiger partial charge in [-0.3, -0.25) is 4.68 Å². The first-order chi connectivity index (χ1) is 7.38. The zero-order chi connectivity index (χ0) is 10.5. The molecule has 0 aromatic carbocycles.